The fourth-order valence-electron chi connectivity index (χ4n) is 2.06. The average Bonchev–Trinajstić information content (AvgIpc) is 2.83. The van der Waals surface area contributed by atoms with E-state index in [0.29, 0.717) is 0 Å². The maximum absolute atomic E-state index is 3.60. The van der Waals surface area contributed by atoms with Crippen LogP contribution in [0.5, 0.6) is 0 Å². The topological polar surface area (TPSA) is 15.3 Å². The lowest BCUT2D eigenvalue weighted by atomic mass is 10.2. The predicted molar refractivity (Wildman–Crippen MR) is 91.2 cm³/mol. The maximum Gasteiger partial charge on any atom is 0.0300 e. The van der Waals surface area contributed by atoms with Gasteiger partial charge in [0.25, 0.3) is 0 Å². The lowest BCUT2D eigenvalue weighted by Crippen LogP contribution is -2.28. The number of rotatable bonds is 7. The number of aryl methyl sites for hydroxylation is 1. The van der Waals surface area contributed by atoms with Gasteiger partial charge in [0.1, 0.15) is 0 Å². The molecule has 0 spiro atoms. The lowest BCUT2D eigenvalue weighted by molar-refractivity contribution is 0.324. The van der Waals surface area contributed by atoms with Crippen LogP contribution >= 0.6 is 27.3 Å². The molecule has 4 heteroatoms. The van der Waals surface area contributed by atoms with Crippen LogP contribution in [0.15, 0.2) is 40.9 Å². The smallest absolute Gasteiger partial charge is 0.0300 e. The van der Waals surface area contributed by atoms with Gasteiger partial charge in [0.05, 0.1) is 0 Å². The van der Waals surface area contributed by atoms with Gasteiger partial charge in [-0.25, -0.2) is 0 Å². The summed E-state index contributed by atoms with van der Waals surface area (Å²) in [7, 11) is 2.16. The first kappa shape index (κ1) is 15.7. The van der Waals surface area contributed by atoms with E-state index in [1.54, 1.807) is 0 Å². The molecule has 1 N–H and O–H groups in total. The third kappa shape index (κ3) is 5.02. The van der Waals surface area contributed by atoms with Crippen molar-refractivity contribution in [2.24, 2.45) is 0 Å². The molecule has 0 aliphatic rings. The highest BCUT2D eigenvalue weighted by molar-refractivity contribution is 9.10. The Hall–Kier alpha value is -0.680. The standard InChI is InChI=1S/C16H21BrN2S/c1-13-7-8-15(20-13)11-18-9-10-19(2)12-14-5-3-4-6-16(14)17/h3-8,18H,9-12H2,1-2H3. The van der Waals surface area contributed by atoms with Crippen molar-refractivity contribution in [1.29, 1.82) is 0 Å². The molecule has 0 bridgehead atoms. The van der Waals surface area contributed by atoms with E-state index in [9.17, 15) is 0 Å². The van der Waals surface area contributed by atoms with Crippen LogP contribution < -0.4 is 5.32 Å². The van der Waals surface area contributed by atoms with Crippen LogP contribution in [0.25, 0.3) is 0 Å². The number of thiophene rings is 1. The van der Waals surface area contributed by atoms with E-state index < -0.39 is 0 Å². The molecule has 108 valence electrons. The zero-order valence-corrected chi connectivity index (χ0v) is 14.4. The summed E-state index contributed by atoms with van der Waals surface area (Å²) in [4.78, 5) is 5.14. The van der Waals surface area contributed by atoms with Crippen molar-refractivity contribution < 1.29 is 0 Å². The molecule has 0 aliphatic heterocycles. The quantitative estimate of drug-likeness (QED) is 0.756. The summed E-state index contributed by atoms with van der Waals surface area (Å²) in [5, 5.41) is 3.50. The monoisotopic (exact) mass is 352 g/mol. The largest absolute Gasteiger partial charge is 0.311 e. The molecular weight excluding hydrogens is 332 g/mol. The normalized spacial score (nSPS) is 11.2. The van der Waals surface area contributed by atoms with E-state index in [1.807, 2.05) is 11.3 Å². The van der Waals surface area contributed by atoms with Crippen molar-refractivity contribution in [2.45, 2.75) is 20.0 Å². The molecule has 0 saturated carbocycles. The van der Waals surface area contributed by atoms with Crippen LogP contribution in [-0.4, -0.2) is 25.0 Å². The minimum absolute atomic E-state index is 0.973. The SMILES string of the molecule is Cc1ccc(CNCCN(C)Cc2ccccc2Br)s1. The minimum atomic E-state index is 0.973. The zero-order valence-electron chi connectivity index (χ0n) is 12.0. The van der Waals surface area contributed by atoms with Gasteiger partial charge in [-0.2, -0.15) is 0 Å². The van der Waals surface area contributed by atoms with E-state index in [4.69, 9.17) is 0 Å². The first-order chi connectivity index (χ1) is 9.65. The van der Waals surface area contributed by atoms with E-state index in [-0.39, 0.29) is 0 Å². The van der Waals surface area contributed by atoms with Crippen LogP contribution in [0.2, 0.25) is 0 Å². The predicted octanol–water partition coefficient (Wildman–Crippen LogP) is 4.04. The molecule has 0 amide bonds. The molecule has 2 rings (SSSR count). The second-order valence-electron chi connectivity index (χ2n) is 5.02. The van der Waals surface area contributed by atoms with Crippen LogP contribution in [0.3, 0.4) is 0 Å². The number of benzene rings is 1. The number of hydrogen-bond acceptors (Lipinski definition) is 3. The molecular formula is C16H21BrN2S. The highest BCUT2D eigenvalue weighted by Crippen LogP contribution is 2.17. The number of nitrogens with one attached hydrogen (secondary N) is 1. The van der Waals surface area contributed by atoms with Gasteiger partial charge >= 0.3 is 0 Å². The van der Waals surface area contributed by atoms with E-state index >= 15 is 0 Å². The Morgan fingerprint density at radius 2 is 2.00 bits per heavy atom. The van der Waals surface area contributed by atoms with Crippen LogP contribution in [0, 0.1) is 6.92 Å². The average molecular weight is 353 g/mol. The Morgan fingerprint density at radius 1 is 1.20 bits per heavy atom. The van der Waals surface area contributed by atoms with Gasteiger partial charge in [0, 0.05) is 40.4 Å². The van der Waals surface area contributed by atoms with Gasteiger partial charge in [-0.05, 0) is 37.7 Å². The van der Waals surface area contributed by atoms with Crippen molar-refractivity contribution in [3.8, 4) is 0 Å². The zero-order chi connectivity index (χ0) is 14.4. The van der Waals surface area contributed by atoms with Crippen LogP contribution in [0.4, 0.5) is 0 Å². The lowest BCUT2D eigenvalue weighted by Gasteiger charge is -2.17. The molecule has 20 heavy (non-hydrogen) atoms. The summed E-state index contributed by atoms with van der Waals surface area (Å²) in [6.07, 6.45) is 0. The molecule has 1 aromatic carbocycles. The molecule has 2 nitrogen and oxygen atoms in total. The molecule has 0 fully saturated rings. The third-order valence-electron chi connectivity index (χ3n) is 3.16. The first-order valence-corrected chi connectivity index (χ1v) is 8.44. The highest BCUT2D eigenvalue weighted by Gasteiger charge is 2.03. The summed E-state index contributed by atoms with van der Waals surface area (Å²) in [6.45, 7) is 6.16. The van der Waals surface area contributed by atoms with Crippen molar-refractivity contribution in [2.75, 3.05) is 20.1 Å². The summed E-state index contributed by atoms with van der Waals surface area (Å²) in [6, 6.07) is 12.8. The Labute approximate surface area is 133 Å². The Morgan fingerprint density at radius 3 is 2.70 bits per heavy atom. The summed E-state index contributed by atoms with van der Waals surface area (Å²) >= 11 is 5.47. The molecule has 2 aromatic rings. The van der Waals surface area contributed by atoms with Crippen molar-refractivity contribution >= 4 is 27.3 Å². The van der Waals surface area contributed by atoms with Gasteiger partial charge in [-0.3, -0.25) is 0 Å². The first-order valence-electron chi connectivity index (χ1n) is 6.83. The fourth-order valence-corrected chi connectivity index (χ4v) is 3.33. The van der Waals surface area contributed by atoms with Crippen LogP contribution in [0.1, 0.15) is 15.3 Å². The van der Waals surface area contributed by atoms with E-state index in [0.717, 1.165) is 26.2 Å². The van der Waals surface area contributed by atoms with E-state index in [2.05, 4.69) is 76.5 Å². The molecule has 1 heterocycles. The molecule has 0 aliphatic carbocycles. The van der Waals surface area contributed by atoms with E-state index in [1.165, 1.54) is 19.8 Å². The fraction of sp³-hybridized carbons (Fsp3) is 0.375. The molecule has 0 radical (unpaired) electrons. The second kappa shape index (κ2) is 7.93. The van der Waals surface area contributed by atoms with Crippen molar-refractivity contribution in [3.63, 3.8) is 0 Å². The number of hydrogen-bond donors (Lipinski definition) is 1. The Bertz CT molecular complexity index is 539. The third-order valence-corrected chi connectivity index (χ3v) is 4.94. The molecule has 1 aromatic heterocycles. The number of nitrogens with zero attached hydrogens (tertiary/aromatic N) is 1. The van der Waals surface area contributed by atoms with Crippen LogP contribution in [-0.2, 0) is 13.1 Å². The number of likely N-dealkylation sites (N-methyl/N-ethyl adjacent to an activating group) is 1. The number of halogens is 1. The molecule has 0 unspecified atom stereocenters. The van der Waals surface area contributed by atoms with Crippen molar-refractivity contribution in [1.82, 2.24) is 10.2 Å². The molecule has 0 saturated heterocycles. The van der Waals surface area contributed by atoms with Crippen molar-refractivity contribution in [3.05, 3.63) is 56.2 Å². The van der Waals surface area contributed by atoms with Gasteiger partial charge < -0.3 is 10.2 Å². The highest BCUT2D eigenvalue weighted by atomic mass is 79.9. The van der Waals surface area contributed by atoms with Gasteiger partial charge in [-0.15, -0.1) is 11.3 Å². The Balaban J connectivity index is 1.68. The Kier molecular flexibility index (Phi) is 6.23. The maximum atomic E-state index is 3.60. The molecule has 0 atom stereocenters. The summed E-state index contributed by atoms with van der Waals surface area (Å²) in [5.41, 5.74) is 1.34. The van der Waals surface area contributed by atoms with Gasteiger partial charge in [0.2, 0.25) is 0 Å². The van der Waals surface area contributed by atoms with Gasteiger partial charge in [0.15, 0.2) is 0 Å². The second-order valence-corrected chi connectivity index (χ2v) is 7.25. The van der Waals surface area contributed by atoms with Gasteiger partial charge in [-0.1, -0.05) is 34.1 Å². The summed E-state index contributed by atoms with van der Waals surface area (Å²) < 4.78 is 1.19. The minimum Gasteiger partial charge on any atom is -0.311 e. The summed E-state index contributed by atoms with van der Waals surface area (Å²) in [5.74, 6) is 0.